The molecule has 2 nitrogen and oxygen atoms in total. The van der Waals surface area contributed by atoms with E-state index in [1.807, 2.05) is 0 Å². The summed E-state index contributed by atoms with van der Waals surface area (Å²) in [5.41, 5.74) is 2.42. The third-order valence-electron chi connectivity index (χ3n) is 2.36. The lowest BCUT2D eigenvalue weighted by atomic mass is 10.2. The molecule has 0 N–H and O–H groups in total. The second-order valence-corrected chi connectivity index (χ2v) is 3.21. The maximum Gasteiger partial charge on any atom is 0.108 e. The van der Waals surface area contributed by atoms with E-state index in [0.29, 0.717) is 0 Å². The normalized spacial score (nSPS) is 10.7. The summed E-state index contributed by atoms with van der Waals surface area (Å²) in [5.74, 6) is 1.19. The van der Waals surface area contributed by atoms with Crippen LogP contribution in [0.4, 0.5) is 0 Å². The first-order valence-corrected chi connectivity index (χ1v) is 4.45. The van der Waals surface area contributed by atoms with Crippen LogP contribution in [0.15, 0.2) is 0 Å². The fraction of sp³-hybridized carbons (Fsp3) is 0.600. The number of imidazole rings is 1. The first-order valence-electron chi connectivity index (χ1n) is 4.45. The van der Waals surface area contributed by atoms with Gasteiger partial charge in [0.05, 0.1) is 5.69 Å². The SMILES string of the molecule is [CH2]CCCc1nc(C)c(C)n1C. The zero-order chi connectivity index (χ0) is 9.14. The number of unbranched alkanes of at least 4 members (excludes halogenated alkanes) is 1. The topological polar surface area (TPSA) is 17.8 Å². The molecule has 0 spiro atoms. The standard InChI is InChI=1S/C10H17N2/c1-5-6-7-10-11-8(2)9(3)12(10)4/h1,5-7H2,2-4H3. The molecule has 1 radical (unpaired) electrons. The highest BCUT2D eigenvalue weighted by Gasteiger charge is 2.05. The summed E-state index contributed by atoms with van der Waals surface area (Å²) in [6.45, 7) is 7.99. The summed E-state index contributed by atoms with van der Waals surface area (Å²) in [4.78, 5) is 4.48. The molecule has 1 aromatic heterocycles. The van der Waals surface area contributed by atoms with E-state index in [2.05, 4.69) is 37.4 Å². The molecule has 0 bridgehead atoms. The van der Waals surface area contributed by atoms with Crippen molar-refractivity contribution in [2.45, 2.75) is 33.1 Å². The van der Waals surface area contributed by atoms with Gasteiger partial charge in [-0.2, -0.15) is 0 Å². The van der Waals surface area contributed by atoms with E-state index in [9.17, 15) is 0 Å². The van der Waals surface area contributed by atoms with Crippen molar-refractivity contribution < 1.29 is 0 Å². The molecule has 0 aliphatic rings. The molecule has 0 atom stereocenters. The van der Waals surface area contributed by atoms with Crippen LogP contribution in [-0.4, -0.2) is 9.55 Å². The Morgan fingerprint density at radius 2 is 2.08 bits per heavy atom. The number of hydrogen-bond acceptors (Lipinski definition) is 1. The molecule has 67 valence electrons. The summed E-state index contributed by atoms with van der Waals surface area (Å²) in [5, 5.41) is 0. The number of aryl methyl sites for hydroxylation is 2. The van der Waals surface area contributed by atoms with Gasteiger partial charge in [-0.25, -0.2) is 4.98 Å². The van der Waals surface area contributed by atoms with Crippen molar-refractivity contribution in [3.63, 3.8) is 0 Å². The van der Waals surface area contributed by atoms with Crippen LogP contribution in [0.1, 0.15) is 30.1 Å². The number of nitrogens with zero attached hydrogens (tertiary/aromatic N) is 2. The van der Waals surface area contributed by atoms with Gasteiger partial charge in [0.2, 0.25) is 0 Å². The zero-order valence-electron chi connectivity index (χ0n) is 8.22. The van der Waals surface area contributed by atoms with Gasteiger partial charge in [-0.1, -0.05) is 13.3 Å². The van der Waals surface area contributed by atoms with Crippen LogP contribution in [-0.2, 0) is 13.5 Å². The predicted molar refractivity (Wildman–Crippen MR) is 51.0 cm³/mol. The van der Waals surface area contributed by atoms with Crippen molar-refractivity contribution in [3.05, 3.63) is 24.1 Å². The first kappa shape index (κ1) is 9.30. The Bertz CT molecular complexity index is 261. The molecule has 0 amide bonds. The molecular weight excluding hydrogens is 148 g/mol. The van der Waals surface area contributed by atoms with Crippen LogP contribution in [0.2, 0.25) is 0 Å². The van der Waals surface area contributed by atoms with E-state index in [-0.39, 0.29) is 0 Å². The molecule has 12 heavy (non-hydrogen) atoms. The second kappa shape index (κ2) is 3.74. The van der Waals surface area contributed by atoms with Gasteiger partial charge >= 0.3 is 0 Å². The lowest BCUT2D eigenvalue weighted by Crippen LogP contribution is -1.99. The van der Waals surface area contributed by atoms with Gasteiger partial charge in [-0.3, -0.25) is 0 Å². The number of aromatic nitrogens is 2. The van der Waals surface area contributed by atoms with Crippen LogP contribution >= 0.6 is 0 Å². The summed E-state index contributed by atoms with van der Waals surface area (Å²) in [6.07, 6.45) is 3.17. The van der Waals surface area contributed by atoms with Crippen LogP contribution in [0.5, 0.6) is 0 Å². The van der Waals surface area contributed by atoms with Gasteiger partial charge in [0.25, 0.3) is 0 Å². The Balaban J connectivity index is 2.79. The molecule has 1 rings (SSSR count). The van der Waals surface area contributed by atoms with Crippen molar-refractivity contribution >= 4 is 0 Å². The van der Waals surface area contributed by atoms with Gasteiger partial charge in [-0.05, 0) is 20.3 Å². The van der Waals surface area contributed by atoms with Crippen molar-refractivity contribution in [2.75, 3.05) is 0 Å². The van der Waals surface area contributed by atoms with E-state index >= 15 is 0 Å². The highest BCUT2D eigenvalue weighted by atomic mass is 15.1. The largest absolute Gasteiger partial charge is 0.335 e. The van der Waals surface area contributed by atoms with Gasteiger partial charge in [0.1, 0.15) is 5.82 Å². The van der Waals surface area contributed by atoms with Crippen molar-refractivity contribution in [1.29, 1.82) is 0 Å². The zero-order valence-corrected chi connectivity index (χ0v) is 8.22. The monoisotopic (exact) mass is 165 g/mol. The Hall–Kier alpha value is -0.790. The van der Waals surface area contributed by atoms with Gasteiger partial charge in [-0.15, -0.1) is 0 Å². The Morgan fingerprint density at radius 1 is 1.42 bits per heavy atom. The smallest absolute Gasteiger partial charge is 0.108 e. The third-order valence-corrected chi connectivity index (χ3v) is 2.36. The van der Waals surface area contributed by atoms with Gasteiger partial charge in [0.15, 0.2) is 0 Å². The van der Waals surface area contributed by atoms with Crippen LogP contribution < -0.4 is 0 Å². The summed E-state index contributed by atoms with van der Waals surface area (Å²) in [7, 11) is 2.08. The molecule has 1 heterocycles. The van der Waals surface area contributed by atoms with Crippen LogP contribution in [0, 0.1) is 20.8 Å². The minimum Gasteiger partial charge on any atom is -0.335 e. The molecule has 0 saturated heterocycles. The quantitative estimate of drug-likeness (QED) is 0.671. The fourth-order valence-corrected chi connectivity index (χ4v) is 1.29. The molecule has 1 aromatic rings. The number of hydrogen-bond donors (Lipinski definition) is 0. The van der Waals surface area contributed by atoms with Crippen molar-refractivity contribution in [2.24, 2.45) is 7.05 Å². The minimum absolute atomic E-state index is 0.991. The van der Waals surface area contributed by atoms with Gasteiger partial charge < -0.3 is 4.57 Å². The summed E-state index contributed by atoms with van der Waals surface area (Å²) < 4.78 is 2.17. The maximum absolute atomic E-state index is 4.48. The Labute approximate surface area is 74.6 Å². The fourth-order valence-electron chi connectivity index (χ4n) is 1.29. The van der Waals surface area contributed by atoms with E-state index in [4.69, 9.17) is 0 Å². The molecular formula is C10H17N2. The second-order valence-electron chi connectivity index (χ2n) is 3.21. The minimum atomic E-state index is 0.991. The Kier molecular flexibility index (Phi) is 2.90. The molecule has 0 saturated carbocycles. The lowest BCUT2D eigenvalue weighted by molar-refractivity contribution is 0.721. The molecule has 0 aliphatic carbocycles. The molecule has 0 unspecified atom stereocenters. The predicted octanol–water partition coefficient (Wildman–Crippen LogP) is 2.19. The van der Waals surface area contributed by atoms with E-state index in [1.165, 1.54) is 11.5 Å². The van der Waals surface area contributed by atoms with Crippen LogP contribution in [0.25, 0.3) is 0 Å². The molecule has 2 heteroatoms. The highest BCUT2D eigenvalue weighted by molar-refractivity contribution is 5.13. The van der Waals surface area contributed by atoms with Crippen molar-refractivity contribution in [1.82, 2.24) is 9.55 Å². The van der Waals surface area contributed by atoms with E-state index < -0.39 is 0 Å². The number of rotatable bonds is 3. The maximum atomic E-state index is 4.48. The average molecular weight is 165 g/mol. The van der Waals surface area contributed by atoms with E-state index in [1.54, 1.807) is 0 Å². The molecule has 0 aliphatic heterocycles. The van der Waals surface area contributed by atoms with E-state index in [0.717, 1.165) is 25.0 Å². The first-order chi connectivity index (χ1) is 5.66. The average Bonchev–Trinajstić information content (AvgIpc) is 2.30. The highest BCUT2D eigenvalue weighted by Crippen LogP contribution is 2.09. The van der Waals surface area contributed by atoms with Gasteiger partial charge in [0, 0.05) is 19.2 Å². The third kappa shape index (κ3) is 1.68. The summed E-state index contributed by atoms with van der Waals surface area (Å²) >= 11 is 0. The molecule has 0 fully saturated rings. The lowest BCUT2D eigenvalue weighted by Gasteiger charge is -2.00. The Morgan fingerprint density at radius 3 is 2.50 bits per heavy atom. The summed E-state index contributed by atoms with van der Waals surface area (Å²) in [6, 6.07) is 0. The van der Waals surface area contributed by atoms with Crippen LogP contribution in [0.3, 0.4) is 0 Å². The van der Waals surface area contributed by atoms with Crippen molar-refractivity contribution in [3.8, 4) is 0 Å². The molecule has 0 aromatic carbocycles.